The lowest BCUT2D eigenvalue weighted by Crippen LogP contribution is -2.34. The van der Waals surface area contributed by atoms with Crippen LogP contribution in [0.2, 0.25) is 0 Å². The molecule has 2 aromatic heterocycles. The molecule has 0 radical (unpaired) electrons. The number of hydrogen-bond donors (Lipinski definition) is 0. The van der Waals surface area contributed by atoms with E-state index in [1.165, 1.54) is 18.2 Å². The molecular weight excluding hydrogens is 432 g/mol. The van der Waals surface area contributed by atoms with E-state index in [0.29, 0.717) is 45.8 Å². The molecule has 0 aliphatic carbocycles. The molecule has 2 aliphatic heterocycles. The van der Waals surface area contributed by atoms with E-state index in [2.05, 4.69) is 4.90 Å². The summed E-state index contributed by atoms with van der Waals surface area (Å²) < 4.78 is 7.16. The van der Waals surface area contributed by atoms with E-state index in [0.717, 1.165) is 31.5 Å². The molecule has 2 aromatic rings. The van der Waals surface area contributed by atoms with Crippen LogP contribution in [-0.4, -0.2) is 57.9 Å². The third-order valence-corrected chi connectivity index (χ3v) is 6.98. The number of hydrogen-bond acceptors (Lipinski definition) is 7. The Hall–Kier alpha value is -2.23. The van der Waals surface area contributed by atoms with Crippen LogP contribution in [0, 0.1) is 6.92 Å². The molecule has 0 N–H and O–H groups in total. The van der Waals surface area contributed by atoms with Crippen molar-refractivity contribution in [3.8, 4) is 0 Å². The number of pyridine rings is 1. The monoisotopic (exact) mass is 458 g/mol. The maximum atomic E-state index is 13.5. The SMILES string of the molecule is COCCCN1C(=O)/C(=C/c2c(N3CCCCC3)nc3c(C)cccn3c2=O)SC1=S. The molecular formula is C22H26N4O3S2. The Kier molecular flexibility index (Phi) is 6.74. The van der Waals surface area contributed by atoms with Gasteiger partial charge in [0.05, 0.1) is 10.5 Å². The second-order valence-electron chi connectivity index (χ2n) is 7.77. The first-order valence-electron chi connectivity index (χ1n) is 10.5. The highest BCUT2D eigenvalue weighted by molar-refractivity contribution is 8.26. The summed E-state index contributed by atoms with van der Waals surface area (Å²) in [5.74, 6) is 0.494. The summed E-state index contributed by atoms with van der Waals surface area (Å²) in [6, 6.07) is 3.79. The van der Waals surface area contributed by atoms with Crippen LogP contribution in [0.15, 0.2) is 28.0 Å². The third-order valence-electron chi connectivity index (χ3n) is 5.60. The van der Waals surface area contributed by atoms with Crippen LogP contribution in [0.1, 0.15) is 36.8 Å². The highest BCUT2D eigenvalue weighted by atomic mass is 32.2. The number of ether oxygens (including phenoxy) is 1. The molecule has 2 saturated heterocycles. The molecule has 0 atom stereocenters. The van der Waals surface area contributed by atoms with E-state index < -0.39 is 0 Å². The summed E-state index contributed by atoms with van der Waals surface area (Å²) in [5, 5.41) is 0. The fourth-order valence-corrected chi connectivity index (χ4v) is 5.25. The third kappa shape index (κ3) is 4.40. The van der Waals surface area contributed by atoms with Gasteiger partial charge in [0.25, 0.3) is 11.5 Å². The fraction of sp³-hybridized carbons (Fsp3) is 0.455. The summed E-state index contributed by atoms with van der Waals surface area (Å²) in [6.07, 6.45) is 7.42. The first-order chi connectivity index (χ1) is 15.0. The largest absolute Gasteiger partial charge is 0.385 e. The lowest BCUT2D eigenvalue weighted by molar-refractivity contribution is -0.122. The van der Waals surface area contributed by atoms with Gasteiger partial charge in [-0.2, -0.15) is 0 Å². The number of aromatic nitrogens is 2. The Bertz CT molecular complexity index is 1110. The maximum absolute atomic E-state index is 13.5. The van der Waals surface area contributed by atoms with Crippen LogP contribution in [0.3, 0.4) is 0 Å². The highest BCUT2D eigenvalue weighted by Crippen LogP contribution is 2.34. The van der Waals surface area contributed by atoms with Gasteiger partial charge in [0.1, 0.15) is 15.8 Å². The van der Waals surface area contributed by atoms with Gasteiger partial charge in [-0.1, -0.05) is 30.0 Å². The van der Waals surface area contributed by atoms with E-state index in [9.17, 15) is 9.59 Å². The van der Waals surface area contributed by atoms with Gasteiger partial charge in [-0.3, -0.25) is 18.9 Å². The number of fused-ring (bicyclic) bond motifs is 1. The zero-order chi connectivity index (χ0) is 22.0. The van der Waals surface area contributed by atoms with E-state index in [4.69, 9.17) is 21.9 Å². The molecule has 4 heterocycles. The summed E-state index contributed by atoms with van der Waals surface area (Å²) in [6.45, 7) is 4.72. The van der Waals surface area contributed by atoms with Gasteiger partial charge in [-0.15, -0.1) is 0 Å². The van der Waals surface area contributed by atoms with Crippen LogP contribution < -0.4 is 10.5 Å². The number of amides is 1. The molecule has 0 bridgehead atoms. The molecule has 4 rings (SSSR count). The zero-order valence-corrected chi connectivity index (χ0v) is 19.4. The topological polar surface area (TPSA) is 67.2 Å². The number of piperidine rings is 1. The number of thiocarbonyl (C=S) groups is 1. The van der Waals surface area contributed by atoms with Gasteiger partial charge in [-0.25, -0.2) is 4.98 Å². The number of carbonyl (C=O) groups is 1. The van der Waals surface area contributed by atoms with Crippen molar-refractivity contribution in [1.82, 2.24) is 14.3 Å². The normalized spacial score (nSPS) is 18.6. The Morgan fingerprint density at radius 2 is 2.03 bits per heavy atom. The quantitative estimate of drug-likeness (QED) is 0.374. The average Bonchev–Trinajstić information content (AvgIpc) is 3.04. The zero-order valence-electron chi connectivity index (χ0n) is 17.8. The van der Waals surface area contributed by atoms with Crippen molar-refractivity contribution in [2.75, 3.05) is 38.3 Å². The fourth-order valence-electron chi connectivity index (χ4n) is 3.96. The van der Waals surface area contributed by atoms with Crippen molar-refractivity contribution >= 4 is 51.7 Å². The molecule has 2 aliphatic rings. The van der Waals surface area contributed by atoms with Crippen LogP contribution >= 0.6 is 24.0 Å². The Labute approximate surface area is 191 Å². The molecule has 2 fully saturated rings. The second-order valence-corrected chi connectivity index (χ2v) is 9.44. The molecule has 0 saturated carbocycles. The van der Waals surface area contributed by atoms with Gasteiger partial charge in [0.15, 0.2) is 0 Å². The predicted molar refractivity (Wildman–Crippen MR) is 129 cm³/mol. The van der Waals surface area contributed by atoms with Crippen molar-refractivity contribution in [3.05, 3.63) is 44.7 Å². The number of thioether (sulfide) groups is 1. The highest BCUT2D eigenvalue weighted by Gasteiger charge is 2.32. The molecule has 0 unspecified atom stereocenters. The summed E-state index contributed by atoms with van der Waals surface area (Å²) in [4.78, 5) is 35.6. The molecule has 7 nitrogen and oxygen atoms in total. The minimum Gasteiger partial charge on any atom is -0.385 e. The van der Waals surface area contributed by atoms with E-state index in [-0.39, 0.29) is 11.5 Å². The van der Waals surface area contributed by atoms with Crippen molar-refractivity contribution < 1.29 is 9.53 Å². The van der Waals surface area contributed by atoms with Gasteiger partial charge in [-0.05, 0) is 50.3 Å². The predicted octanol–water partition coefficient (Wildman–Crippen LogP) is 3.23. The Balaban J connectivity index is 1.79. The number of anilines is 1. The summed E-state index contributed by atoms with van der Waals surface area (Å²) >= 11 is 6.66. The second kappa shape index (κ2) is 9.50. The first-order valence-corrected chi connectivity index (χ1v) is 11.7. The number of nitrogens with zero attached hydrogens (tertiary/aromatic N) is 4. The van der Waals surface area contributed by atoms with Crippen LogP contribution in [0.4, 0.5) is 5.82 Å². The smallest absolute Gasteiger partial charge is 0.267 e. The Morgan fingerprint density at radius 1 is 1.26 bits per heavy atom. The van der Waals surface area contributed by atoms with E-state index in [1.54, 1.807) is 28.7 Å². The van der Waals surface area contributed by atoms with Crippen LogP contribution in [0.25, 0.3) is 11.7 Å². The minimum absolute atomic E-state index is 0.163. The number of rotatable bonds is 6. The molecule has 9 heteroatoms. The van der Waals surface area contributed by atoms with Gasteiger partial charge < -0.3 is 9.64 Å². The van der Waals surface area contributed by atoms with Gasteiger partial charge in [0, 0.05) is 39.5 Å². The number of aryl methyl sites for hydroxylation is 1. The molecule has 31 heavy (non-hydrogen) atoms. The Morgan fingerprint density at radius 3 is 2.77 bits per heavy atom. The number of carbonyl (C=O) groups excluding carboxylic acids is 1. The molecule has 1 amide bonds. The van der Waals surface area contributed by atoms with Gasteiger partial charge >= 0.3 is 0 Å². The summed E-state index contributed by atoms with van der Waals surface area (Å²) in [5.41, 5.74) is 1.87. The molecule has 0 spiro atoms. The van der Waals surface area contributed by atoms with Crippen molar-refractivity contribution in [3.63, 3.8) is 0 Å². The average molecular weight is 459 g/mol. The maximum Gasteiger partial charge on any atom is 0.267 e. The molecule has 0 aromatic carbocycles. The van der Waals surface area contributed by atoms with Crippen molar-refractivity contribution in [2.45, 2.75) is 32.6 Å². The minimum atomic E-state index is -0.168. The molecule has 164 valence electrons. The van der Waals surface area contributed by atoms with E-state index in [1.807, 2.05) is 19.1 Å². The lowest BCUT2D eigenvalue weighted by Gasteiger charge is -2.29. The summed E-state index contributed by atoms with van der Waals surface area (Å²) in [7, 11) is 1.63. The van der Waals surface area contributed by atoms with Crippen molar-refractivity contribution in [2.24, 2.45) is 0 Å². The lowest BCUT2D eigenvalue weighted by atomic mass is 10.1. The van der Waals surface area contributed by atoms with Crippen LogP contribution in [0.5, 0.6) is 0 Å². The number of methoxy groups -OCH3 is 1. The van der Waals surface area contributed by atoms with Gasteiger partial charge in [0.2, 0.25) is 0 Å². The van der Waals surface area contributed by atoms with Crippen molar-refractivity contribution in [1.29, 1.82) is 0 Å². The standard InChI is InChI=1S/C22H26N4O3S2/c1-15-8-6-11-25-18(15)23-19(24-9-4-3-5-10-24)16(20(25)27)14-17-21(28)26(22(30)31-17)12-7-13-29-2/h6,8,11,14H,3-5,7,9-10,12-13H2,1-2H3/b17-14-. The van der Waals surface area contributed by atoms with E-state index >= 15 is 0 Å². The van der Waals surface area contributed by atoms with Crippen LogP contribution in [-0.2, 0) is 9.53 Å². The first kappa shape index (κ1) is 22.0.